The standard InChI is InChI=1S/C23H23N3O3/c1-14-20(21-15-9-5-6-10-16(15)22(28)25-24-21)17-11-7-8-12-18(17)26(14)13-19(27)29-23(2,3)4/h5-12H,13H2,1-4H3,(H,25,28). The van der Waals surface area contributed by atoms with Gasteiger partial charge in [-0.15, -0.1) is 10.2 Å². The van der Waals surface area contributed by atoms with Gasteiger partial charge in [-0.05, 0) is 39.8 Å². The fourth-order valence-electron chi connectivity index (χ4n) is 3.71. The normalized spacial score (nSPS) is 11.9. The van der Waals surface area contributed by atoms with Crippen LogP contribution in [0, 0.1) is 6.92 Å². The zero-order valence-electron chi connectivity index (χ0n) is 16.9. The largest absolute Gasteiger partial charge is 0.492 e. The van der Waals surface area contributed by atoms with Gasteiger partial charge in [-0.2, -0.15) is 0 Å². The molecule has 6 heteroatoms. The molecule has 0 saturated carbocycles. The van der Waals surface area contributed by atoms with Crippen LogP contribution in [0.5, 0.6) is 5.88 Å². The minimum atomic E-state index is -0.546. The van der Waals surface area contributed by atoms with Gasteiger partial charge in [-0.3, -0.25) is 4.79 Å². The minimum absolute atomic E-state index is 0.0977. The summed E-state index contributed by atoms with van der Waals surface area (Å²) in [6, 6.07) is 15.4. The molecule has 0 unspecified atom stereocenters. The monoisotopic (exact) mass is 389 g/mol. The van der Waals surface area contributed by atoms with Gasteiger partial charge < -0.3 is 14.4 Å². The Bertz CT molecular complexity index is 1240. The van der Waals surface area contributed by atoms with E-state index >= 15 is 0 Å². The van der Waals surface area contributed by atoms with Crippen LogP contribution in [0.25, 0.3) is 32.9 Å². The molecule has 0 fully saturated rings. The summed E-state index contributed by atoms with van der Waals surface area (Å²) in [5.74, 6) is -0.394. The lowest BCUT2D eigenvalue weighted by Gasteiger charge is -2.20. The molecule has 148 valence electrons. The summed E-state index contributed by atoms with van der Waals surface area (Å²) in [6.45, 7) is 7.63. The Morgan fingerprint density at radius 2 is 1.62 bits per heavy atom. The number of ether oxygens (including phenoxy) is 1. The molecule has 1 N–H and O–H groups in total. The Balaban J connectivity index is 1.93. The molecule has 0 atom stereocenters. The third kappa shape index (κ3) is 3.42. The van der Waals surface area contributed by atoms with Gasteiger partial charge in [0.05, 0.1) is 0 Å². The summed E-state index contributed by atoms with van der Waals surface area (Å²) in [4.78, 5) is 12.5. The molecule has 6 nitrogen and oxygen atoms in total. The van der Waals surface area contributed by atoms with Crippen LogP contribution < -0.4 is 0 Å². The van der Waals surface area contributed by atoms with Crippen molar-refractivity contribution in [3.05, 3.63) is 54.2 Å². The van der Waals surface area contributed by atoms with Crippen molar-refractivity contribution in [3.8, 4) is 17.1 Å². The average molecular weight is 389 g/mol. The number of fused-ring (bicyclic) bond motifs is 2. The van der Waals surface area contributed by atoms with Crippen LogP contribution in [0.3, 0.4) is 0 Å². The zero-order chi connectivity index (χ0) is 20.8. The van der Waals surface area contributed by atoms with E-state index in [2.05, 4.69) is 10.2 Å². The van der Waals surface area contributed by atoms with Gasteiger partial charge in [0.2, 0.25) is 5.88 Å². The molecular formula is C23H23N3O3. The number of nitrogens with zero attached hydrogens (tertiary/aromatic N) is 3. The van der Waals surface area contributed by atoms with Gasteiger partial charge in [0.1, 0.15) is 17.8 Å². The van der Waals surface area contributed by atoms with E-state index in [0.717, 1.165) is 27.5 Å². The molecule has 0 saturated heterocycles. The average Bonchev–Trinajstić information content (AvgIpc) is 2.93. The molecule has 0 aliphatic carbocycles. The van der Waals surface area contributed by atoms with Crippen LogP contribution in [-0.4, -0.2) is 31.4 Å². The van der Waals surface area contributed by atoms with Gasteiger partial charge in [-0.1, -0.05) is 36.4 Å². The third-order valence-corrected chi connectivity index (χ3v) is 4.84. The number of hydrogen-bond donors (Lipinski definition) is 1. The lowest BCUT2D eigenvalue weighted by atomic mass is 10.0. The number of aromatic nitrogens is 3. The molecule has 2 heterocycles. The summed E-state index contributed by atoms with van der Waals surface area (Å²) in [5, 5.41) is 20.8. The number of para-hydroxylation sites is 1. The molecule has 2 aromatic heterocycles. The highest BCUT2D eigenvalue weighted by Crippen LogP contribution is 2.38. The number of hydrogen-bond acceptors (Lipinski definition) is 5. The second kappa shape index (κ2) is 6.88. The highest BCUT2D eigenvalue weighted by Gasteiger charge is 2.23. The van der Waals surface area contributed by atoms with E-state index in [1.165, 1.54) is 0 Å². The first kappa shape index (κ1) is 18.9. The summed E-state index contributed by atoms with van der Waals surface area (Å²) < 4.78 is 7.47. The number of esters is 1. The maximum Gasteiger partial charge on any atom is 0.326 e. The van der Waals surface area contributed by atoms with Crippen molar-refractivity contribution in [2.45, 2.75) is 39.8 Å². The van der Waals surface area contributed by atoms with E-state index in [1.807, 2.05) is 80.8 Å². The van der Waals surface area contributed by atoms with Crippen LogP contribution in [0.4, 0.5) is 0 Å². The minimum Gasteiger partial charge on any atom is -0.492 e. The third-order valence-electron chi connectivity index (χ3n) is 4.84. The van der Waals surface area contributed by atoms with Crippen molar-refractivity contribution in [1.29, 1.82) is 0 Å². The predicted octanol–water partition coefficient (Wildman–Crippen LogP) is 4.61. The van der Waals surface area contributed by atoms with E-state index in [4.69, 9.17) is 4.74 Å². The highest BCUT2D eigenvalue weighted by atomic mass is 16.6. The topological polar surface area (TPSA) is 77.2 Å². The molecule has 2 aromatic carbocycles. The van der Waals surface area contributed by atoms with Crippen molar-refractivity contribution in [1.82, 2.24) is 14.8 Å². The SMILES string of the molecule is Cc1c(-c2nnc(O)c3ccccc23)c2ccccc2n1CC(=O)OC(C)(C)C. The molecule has 0 amide bonds. The molecule has 0 spiro atoms. The van der Waals surface area contributed by atoms with Crippen LogP contribution in [0.1, 0.15) is 26.5 Å². The number of aromatic hydroxyl groups is 1. The first-order valence-electron chi connectivity index (χ1n) is 9.50. The Morgan fingerprint density at radius 3 is 2.31 bits per heavy atom. The predicted molar refractivity (Wildman–Crippen MR) is 113 cm³/mol. The van der Waals surface area contributed by atoms with Crippen molar-refractivity contribution >= 4 is 27.6 Å². The maximum absolute atomic E-state index is 12.5. The molecule has 4 aromatic rings. The van der Waals surface area contributed by atoms with Crippen LogP contribution in [0.2, 0.25) is 0 Å². The van der Waals surface area contributed by atoms with Gasteiger partial charge in [0.25, 0.3) is 0 Å². The number of rotatable bonds is 3. The second-order valence-corrected chi connectivity index (χ2v) is 8.07. The van der Waals surface area contributed by atoms with Gasteiger partial charge >= 0.3 is 5.97 Å². The Morgan fingerprint density at radius 1 is 1.00 bits per heavy atom. The van der Waals surface area contributed by atoms with E-state index in [1.54, 1.807) is 0 Å². The number of carbonyl (C=O) groups excluding carboxylic acids is 1. The summed E-state index contributed by atoms with van der Waals surface area (Å²) in [5.41, 5.74) is 2.84. The molecule has 29 heavy (non-hydrogen) atoms. The molecule has 0 aliphatic rings. The van der Waals surface area contributed by atoms with E-state index in [-0.39, 0.29) is 18.4 Å². The Labute approximate surface area is 168 Å². The first-order chi connectivity index (χ1) is 13.8. The first-order valence-corrected chi connectivity index (χ1v) is 9.50. The van der Waals surface area contributed by atoms with Gasteiger partial charge in [-0.25, -0.2) is 0 Å². The second-order valence-electron chi connectivity index (χ2n) is 8.07. The Kier molecular flexibility index (Phi) is 4.49. The quantitative estimate of drug-likeness (QED) is 0.518. The van der Waals surface area contributed by atoms with Crippen molar-refractivity contribution in [3.63, 3.8) is 0 Å². The van der Waals surface area contributed by atoms with Gasteiger partial charge in [0, 0.05) is 32.9 Å². The van der Waals surface area contributed by atoms with Crippen molar-refractivity contribution < 1.29 is 14.6 Å². The smallest absolute Gasteiger partial charge is 0.326 e. The number of carbonyl (C=O) groups is 1. The van der Waals surface area contributed by atoms with Crippen LogP contribution in [0.15, 0.2) is 48.5 Å². The van der Waals surface area contributed by atoms with Crippen LogP contribution >= 0.6 is 0 Å². The zero-order valence-corrected chi connectivity index (χ0v) is 16.9. The highest BCUT2D eigenvalue weighted by molar-refractivity contribution is 6.06. The molecule has 4 rings (SSSR count). The molecule has 0 bridgehead atoms. The Hall–Kier alpha value is -3.41. The van der Waals surface area contributed by atoms with Crippen LogP contribution in [-0.2, 0) is 16.1 Å². The fraction of sp³-hybridized carbons (Fsp3) is 0.261. The maximum atomic E-state index is 12.5. The van der Waals surface area contributed by atoms with Gasteiger partial charge in [0.15, 0.2) is 0 Å². The summed E-state index contributed by atoms with van der Waals surface area (Å²) in [7, 11) is 0. The molecule has 0 aliphatic heterocycles. The van der Waals surface area contributed by atoms with Crippen molar-refractivity contribution in [2.75, 3.05) is 0 Å². The van der Waals surface area contributed by atoms with Crippen molar-refractivity contribution in [2.24, 2.45) is 0 Å². The molecule has 0 radical (unpaired) electrons. The number of benzene rings is 2. The van der Waals surface area contributed by atoms with E-state index < -0.39 is 5.60 Å². The van der Waals surface area contributed by atoms with E-state index in [9.17, 15) is 9.90 Å². The molecular weight excluding hydrogens is 366 g/mol. The van der Waals surface area contributed by atoms with E-state index in [0.29, 0.717) is 11.1 Å². The lowest BCUT2D eigenvalue weighted by Crippen LogP contribution is -2.26. The fourth-order valence-corrected chi connectivity index (χ4v) is 3.71. The summed E-state index contributed by atoms with van der Waals surface area (Å²) >= 11 is 0. The summed E-state index contributed by atoms with van der Waals surface area (Å²) in [6.07, 6.45) is 0. The lowest BCUT2D eigenvalue weighted by molar-refractivity contribution is -0.155.